The minimum Gasteiger partial charge on any atom is -0.506 e. The number of rotatable bonds is 5. The van der Waals surface area contributed by atoms with Crippen LogP contribution in [0.5, 0.6) is 5.75 Å². The quantitative estimate of drug-likeness (QED) is 0.730. The van der Waals surface area contributed by atoms with E-state index in [4.69, 9.17) is 5.11 Å². The lowest BCUT2D eigenvalue weighted by atomic mass is 10.1. The summed E-state index contributed by atoms with van der Waals surface area (Å²) in [4.78, 5) is 23.4. The van der Waals surface area contributed by atoms with Gasteiger partial charge in [-0.15, -0.1) is 5.10 Å². The molecule has 0 atom stereocenters. The van der Waals surface area contributed by atoms with Crippen molar-refractivity contribution in [2.24, 2.45) is 0 Å². The number of aromatic hydroxyl groups is 1. The fourth-order valence-electron chi connectivity index (χ4n) is 1.73. The minimum absolute atomic E-state index is 0.0284. The van der Waals surface area contributed by atoms with Crippen molar-refractivity contribution in [1.82, 2.24) is 9.59 Å². The molecule has 0 radical (unpaired) electrons. The van der Waals surface area contributed by atoms with Gasteiger partial charge < -0.3 is 15.5 Å². The normalized spacial score (nSPS) is 10.3. The van der Waals surface area contributed by atoms with Gasteiger partial charge in [0.25, 0.3) is 5.91 Å². The molecule has 0 aliphatic heterocycles. The van der Waals surface area contributed by atoms with Gasteiger partial charge in [-0.05, 0) is 36.2 Å². The Balaban J connectivity index is 2.25. The van der Waals surface area contributed by atoms with Crippen LogP contribution in [0.4, 0.5) is 5.69 Å². The number of carbonyl (C=O) groups is 2. The molecule has 0 saturated carbocycles. The number of nitrogens with one attached hydrogen (secondary N) is 1. The van der Waals surface area contributed by atoms with Gasteiger partial charge in [0.15, 0.2) is 0 Å². The molecular formula is C13H13N3O4S. The molecule has 1 amide bonds. The van der Waals surface area contributed by atoms with Gasteiger partial charge in [0.2, 0.25) is 0 Å². The Labute approximate surface area is 124 Å². The number of carboxylic acids is 1. The zero-order valence-electron chi connectivity index (χ0n) is 11.2. The Morgan fingerprint density at radius 1 is 1.38 bits per heavy atom. The lowest BCUT2D eigenvalue weighted by molar-refractivity contribution is 0.0696. The first-order chi connectivity index (χ1) is 10.0. The van der Waals surface area contributed by atoms with Gasteiger partial charge in [-0.3, -0.25) is 4.79 Å². The fourth-order valence-corrected chi connectivity index (χ4v) is 2.33. The Morgan fingerprint density at radius 3 is 2.81 bits per heavy atom. The van der Waals surface area contributed by atoms with E-state index < -0.39 is 11.9 Å². The van der Waals surface area contributed by atoms with Crippen molar-refractivity contribution in [1.29, 1.82) is 0 Å². The number of carboxylic acid groups (broad SMARTS) is 1. The Morgan fingerprint density at radius 2 is 2.14 bits per heavy atom. The van der Waals surface area contributed by atoms with E-state index in [2.05, 4.69) is 14.9 Å². The smallest absolute Gasteiger partial charge is 0.335 e. The number of aromatic nitrogens is 2. The van der Waals surface area contributed by atoms with E-state index in [-0.39, 0.29) is 17.0 Å². The molecule has 2 rings (SSSR count). The number of nitrogens with zero attached hydrogens (tertiary/aromatic N) is 2. The summed E-state index contributed by atoms with van der Waals surface area (Å²) in [5.41, 5.74) is 0.601. The molecule has 21 heavy (non-hydrogen) atoms. The van der Waals surface area contributed by atoms with Gasteiger partial charge in [0.05, 0.1) is 16.9 Å². The average molecular weight is 307 g/mol. The molecule has 1 aromatic heterocycles. The van der Waals surface area contributed by atoms with Gasteiger partial charge in [0.1, 0.15) is 10.6 Å². The van der Waals surface area contributed by atoms with Gasteiger partial charge >= 0.3 is 5.97 Å². The third-order valence-electron chi connectivity index (χ3n) is 2.74. The number of benzene rings is 1. The lowest BCUT2D eigenvalue weighted by Gasteiger charge is -2.07. The summed E-state index contributed by atoms with van der Waals surface area (Å²) in [6.45, 7) is 1.96. The lowest BCUT2D eigenvalue weighted by Crippen LogP contribution is -2.13. The fraction of sp³-hybridized carbons (Fsp3) is 0.231. The molecule has 2 aromatic rings. The van der Waals surface area contributed by atoms with E-state index in [1.807, 2.05) is 6.92 Å². The molecule has 8 heteroatoms. The van der Waals surface area contributed by atoms with Crippen molar-refractivity contribution < 1.29 is 19.8 Å². The van der Waals surface area contributed by atoms with E-state index in [1.54, 1.807) is 0 Å². The minimum atomic E-state index is -1.14. The molecule has 7 nitrogen and oxygen atoms in total. The first-order valence-electron chi connectivity index (χ1n) is 6.21. The maximum absolute atomic E-state index is 12.2. The van der Waals surface area contributed by atoms with Crippen LogP contribution in [0, 0.1) is 0 Å². The first-order valence-corrected chi connectivity index (χ1v) is 6.99. The number of phenols is 1. The summed E-state index contributed by atoms with van der Waals surface area (Å²) >= 11 is 0.962. The molecule has 1 heterocycles. The number of hydrogen-bond acceptors (Lipinski definition) is 6. The van der Waals surface area contributed by atoms with Crippen LogP contribution in [-0.2, 0) is 6.42 Å². The van der Waals surface area contributed by atoms with Crippen LogP contribution in [0.2, 0.25) is 0 Å². The van der Waals surface area contributed by atoms with Crippen molar-refractivity contribution >= 4 is 29.1 Å². The third kappa shape index (κ3) is 3.34. The summed E-state index contributed by atoms with van der Waals surface area (Å²) in [6.07, 6.45) is 1.45. The third-order valence-corrected chi connectivity index (χ3v) is 3.51. The highest BCUT2D eigenvalue weighted by molar-refractivity contribution is 7.08. The Kier molecular flexibility index (Phi) is 4.49. The van der Waals surface area contributed by atoms with E-state index in [1.165, 1.54) is 18.2 Å². The van der Waals surface area contributed by atoms with Crippen molar-refractivity contribution in [3.05, 3.63) is 34.3 Å². The number of amides is 1. The maximum atomic E-state index is 12.2. The SMILES string of the molecule is CCCc1nnsc1C(=O)Nc1cc(C(=O)O)ccc1O. The van der Waals surface area contributed by atoms with Crippen molar-refractivity contribution in [3.8, 4) is 5.75 Å². The number of hydrogen-bond donors (Lipinski definition) is 3. The van der Waals surface area contributed by atoms with Gasteiger partial charge in [-0.2, -0.15) is 0 Å². The summed E-state index contributed by atoms with van der Waals surface area (Å²) in [6, 6.07) is 3.67. The summed E-state index contributed by atoms with van der Waals surface area (Å²) in [5, 5.41) is 25.0. The zero-order chi connectivity index (χ0) is 15.4. The van der Waals surface area contributed by atoms with Crippen LogP contribution in [-0.4, -0.2) is 31.7 Å². The highest BCUT2D eigenvalue weighted by atomic mass is 32.1. The number of carbonyl (C=O) groups excluding carboxylic acids is 1. The predicted octanol–water partition coefficient (Wildman–Crippen LogP) is 2.15. The second kappa shape index (κ2) is 6.31. The molecule has 3 N–H and O–H groups in total. The van der Waals surface area contributed by atoms with Crippen molar-refractivity contribution in [3.63, 3.8) is 0 Å². The molecule has 0 unspecified atom stereocenters. The highest BCUT2D eigenvalue weighted by Gasteiger charge is 2.17. The maximum Gasteiger partial charge on any atom is 0.335 e. The van der Waals surface area contributed by atoms with E-state index >= 15 is 0 Å². The van der Waals surface area contributed by atoms with Gasteiger partial charge in [-0.1, -0.05) is 17.8 Å². The van der Waals surface area contributed by atoms with E-state index in [9.17, 15) is 14.7 Å². The molecule has 0 bridgehead atoms. The number of aryl methyl sites for hydroxylation is 1. The molecular weight excluding hydrogens is 294 g/mol. The second-order valence-corrected chi connectivity index (χ2v) is 5.04. The first kappa shape index (κ1) is 14.9. The number of phenolic OH excluding ortho intramolecular Hbond substituents is 1. The summed E-state index contributed by atoms with van der Waals surface area (Å²) in [7, 11) is 0. The predicted molar refractivity (Wildman–Crippen MR) is 76.9 cm³/mol. The molecule has 1 aromatic carbocycles. The Hall–Kier alpha value is -2.48. The molecule has 0 spiro atoms. The monoisotopic (exact) mass is 307 g/mol. The molecule has 110 valence electrons. The molecule has 0 saturated heterocycles. The zero-order valence-corrected chi connectivity index (χ0v) is 12.0. The molecule has 0 aliphatic carbocycles. The van der Waals surface area contributed by atoms with E-state index in [0.717, 1.165) is 18.0 Å². The van der Waals surface area contributed by atoms with Gasteiger partial charge in [-0.25, -0.2) is 4.79 Å². The molecule has 0 aliphatic rings. The molecule has 0 fully saturated rings. The van der Waals surface area contributed by atoms with Gasteiger partial charge in [0, 0.05) is 0 Å². The number of aromatic carboxylic acids is 1. The summed E-state index contributed by atoms with van der Waals surface area (Å²) in [5.74, 6) is -1.81. The van der Waals surface area contributed by atoms with Crippen molar-refractivity contribution in [2.45, 2.75) is 19.8 Å². The van der Waals surface area contributed by atoms with Crippen LogP contribution in [0.1, 0.15) is 39.1 Å². The van der Waals surface area contributed by atoms with Crippen LogP contribution >= 0.6 is 11.5 Å². The standard InChI is InChI=1S/C13H13N3O4S/c1-2-3-8-11(21-16-15-8)12(18)14-9-6-7(13(19)20)4-5-10(9)17/h4-6,17H,2-3H2,1H3,(H,14,18)(H,19,20). The number of anilines is 1. The second-order valence-electron chi connectivity index (χ2n) is 4.29. The average Bonchev–Trinajstić information content (AvgIpc) is 2.89. The van der Waals surface area contributed by atoms with Crippen LogP contribution in [0.3, 0.4) is 0 Å². The van der Waals surface area contributed by atoms with Crippen LogP contribution in [0.25, 0.3) is 0 Å². The highest BCUT2D eigenvalue weighted by Crippen LogP contribution is 2.25. The Bertz CT molecular complexity index is 684. The van der Waals surface area contributed by atoms with Crippen LogP contribution in [0.15, 0.2) is 18.2 Å². The van der Waals surface area contributed by atoms with Crippen molar-refractivity contribution in [2.75, 3.05) is 5.32 Å². The van der Waals surface area contributed by atoms with E-state index in [0.29, 0.717) is 17.0 Å². The topological polar surface area (TPSA) is 112 Å². The summed E-state index contributed by atoms with van der Waals surface area (Å²) < 4.78 is 3.75. The largest absolute Gasteiger partial charge is 0.506 e. The van der Waals surface area contributed by atoms with Crippen LogP contribution < -0.4 is 5.32 Å².